The Balaban J connectivity index is 1.55. The van der Waals surface area contributed by atoms with Gasteiger partial charge in [-0.1, -0.05) is 23.9 Å². The van der Waals surface area contributed by atoms with Gasteiger partial charge < -0.3 is 4.74 Å². The zero-order valence-electron chi connectivity index (χ0n) is 9.28. The Morgan fingerprint density at radius 2 is 2.38 bits per heavy atom. The van der Waals surface area contributed by atoms with Crippen molar-refractivity contribution in [1.29, 1.82) is 0 Å². The van der Waals surface area contributed by atoms with E-state index in [-0.39, 0.29) is 6.29 Å². The van der Waals surface area contributed by atoms with Gasteiger partial charge in [-0.15, -0.1) is 0 Å². The van der Waals surface area contributed by atoms with Gasteiger partial charge in [0.15, 0.2) is 6.29 Å². The molecular weight excluding hydrogens is 222 g/mol. The first-order chi connectivity index (χ1) is 7.92. The van der Waals surface area contributed by atoms with Crippen LogP contribution in [0.15, 0.2) is 22.8 Å². The van der Waals surface area contributed by atoms with Crippen molar-refractivity contribution in [3.05, 3.63) is 22.8 Å². The summed E-state index contributed by atoms with van der Waals surface area (Å²) < 4.78 is 5.51. The van der Waals surface area contributed by atoms with Crippen molar-refractivity contribution in [1.82, 2.24) is 5.48 Å². The van der Waals surface area contributed by atoms with Gasteiger partial charge in [-0.3, -0.25) is 5.48 Å². The van der Waals surface area contributed by atoms with E-state index in [9.17, 15) is 0 Å². The molecule has 1 saturated heterocycles. The van der Waals surface area contributed by atoms with Crippen molar-refractivity contribution in [3.8, 4) is 0 Å². The molecule has 16 heavy (non-hydrogen) atoms. The molecule has 3 nitrogen and oxygen atoms in total. The van der Waals surface area contributed by atoms with Crippen molar-refractivity contribution in [2.45, 2.75) is 43.6 Å². The quantitative estimate of drug-likeness (QED) is 0.767. The third-order valence-electron chi connectivity index (χ3n) is 3.19. The number of fused-ring (bicyclic) bond motifs is 2. The van der Waals surface area contributed by atoms with Gasteiger partial charge >= 0.3 is 0 Å². The average Bonchev–Trinajstić information content (AvgIpc) is 2.39. The van der Waals surface area contributed by atoms with Gasteiger partial charge in [-0.05, 0) is 31.3 Å². The standard InChI is InChI=1S/C12H17NO2S/c1-2-8-14-11(3-1)15-13-12-9-4-6-10(16-12)7-5-9/h4,6,10-11,13H,1-3,5,7-8H2. The molecule has 0 aromatic rings. The van der Waals surface area contributed by atoms with E-state index in [1.165, 1.54) is 29.9 Å². The number of thioether (sulfide) groups is 1. The summed E-state index contributed by atoms with van der Waals surface area (Å²) in [5.74, 6) is 0. The van der Waals surface area contributed by atoms with Gasteiger partial charge in [-0.25, -0.2) is 4.84 Å². The minimum Gasteiger partial charge on any atom is -0.350 e. The highest BCUT2D eigenvalue weighted by Gasteiger charge is 2.24. The maximum absolute atomic E-state index is 5.59. The van der Waals surface area contributed by atoms with E-state index in [0.29, 0.717) is 5.25 Å². The van der Waals surface area contributed by atoms with Gasteiger partial charge in [-0.2, -0.15) is 0 Å². The molecule has 88 valence electrons. The first-order valence-corrected chi connectivity index (χ1v) is 6.91. The lowest BCUT2D eigenvalue weighted by molar-refractivity contribution is -0.188. The topological polar surface area (TPSA) is 30.5 Å². The number of allylic oxidation sites excluding steroid dienone is 2. The molecule has 2 bridgehead atoms. The van der Waals surface area contributed by atoms with Crippen molar-refractivity contribution in [2.75, 3.05) is 6.61 Å². The predicted molar refractivity (Wildman–Crippen MR) is 64.6 cm³/mol. The van der Waals surface area contributed by atoms with Gasteiger partial charge in [0.25, 0.3) is 0 Å². The largest absolute Gasteiger partial charge is 0.350 e. The first-order valence-electron chi connectivity index (χ1n) is 6.03. The van der Waals surface area contributed by atoms with Crippen LogP contribution in [0.5, 0.6) is 0 Å². The Hall–Kier alpha value is -0.450. The van der Waals surface area contributed by atoms with Crippen molar-refractivity contribution >= 4 is 11.8 Å². The Morgan fingerprint density at radius 3 is 3.00 bits per heavy atom. The lowest BCUT2D eigenvalue weighted by Crippen LogP contribution is -2.30. The van der Waals surface area contributed by atoms with Crippen LogP contribution < -0.4 is 5.48 Å². The van der Waals surface area contributed by atoms with Crippen LogP contribution in [0.2, 0.25) is 0 Å². The Bertz CT molecular complexity index is 321. The van der Waals surface area contributed by atoms with Gasteiger partial charge in [0, 0.05) is 18.3 Å². The minimum atomic E-state index is -0.0631. The molecule has 4 rings (SSSR count). The molecule has 2 atom stereocenters. The summed E-state index contributed by atoms with van der Waals surface area (Å²) in [7, 11) is 0. The van der Waals surface area contributed by atoms with Gasteiger partial charge in [0.1, 0.15) is 0 Å². The summed E-state index contributed by atoms with van der Waals surface area (Å²) in [5.41, 5.74) is 4.47. The number of hydroxylamine groups is 1. The van der Waals surface area contributed by atoms with E-state index in [2.05, 4.69) is 17.6 Å². The zero-order valence-corrected chi connectivity index (χ0v) is 10.1. The van der Waals surface area contributed by atoms with Crippen LogP contribution in [0.4, 0.5) is 0 Å². The molecule has 0 saturated carbocycles. The normalized spacial score (nSPS) is 33.2. The molecule has 3 aliphatic heterocycles. The van der Waals surface area contributed by atoms with E-state index in [1.54, 1.807) is 0 Å². The highest BCUT2D eigenvalue weighted by atomic mass is 32.2. The number of hydrogen-bond acceptors (Lipinski definition) is 4. The molecule has 4 aliphatic rings. The third-order valence-corrected chi connectivity index (χ3v) is 4.47. The molecule has 0 spiro atoms. The Morgan fingerprint density at radius 1 is 1.38 bits per heavy atom. The molecule has 1 fully saturated rings. The molecule has 0 aromatic heterocycles. The summed E-state index contributed by atoms with van der Waals surface area (Å²) in [5, 5.41) is 1.82. The van der Waals surface area contributed by atoms with Crippen LogP contribution in [0.1, 0.15) is 32.1 Å². The maximum Gasteiger partial charge on any atom is 0.183 e. The SMILES string of the molecule is C1=CC2CCC1=C(NOC1CCCCO1)S2. The van der Waals surface area contributed by atoms with Crippen LogP contribution in [-0.2, 0) is 9.57 Å². The molecule has 0 amide bonds. The van der Waals surface area contributed by atoms with E-state index in [1.807, 2.05) is 11.8 Å². The van der Waals surface area contributed by atoms with Crippen molar-refractivity contribution in [3.63, 3.8) is 0 Å². The van der Waals surface area contributed by atoms with Crippen molar-refractivity contribution < 1.29 is 9.57 Å². The molecule has 1 aliphatic carbocycles. The summed E-state index contributed by atoms with van der Waals surface area (Å²) >= 11 is 1.87. The van der Waals surface area contributed by atoms with Crippen LogP contribution in [-0.4, -0.2) is 18.1 Å². The van der Waals surface area contributed by atoms with E-state index in [4.69, 9.17) is 9.57 Å². The minimum absolute atomic E-state index is 0.0631. The van der Waals surface area contributed by atoms with Crippen LogP contribution in [0.25, 0.3) is 0 Å². The predicted octanol–water partition coefficient (Wildman–Crippen LogP) is 2.71. The van der Waals surface area contributed by atoms with Crippen LogP contribution in [0, 0.1) is 0 Å². The summed E-state index contributed by atoms with van der Waals surface area (Å²) in [6, 6.07) is 0. The van der Waals surface area contributed by atoms with Gasteiger partial charge in [0.05, 0.1) is 5.03 Å². The number of rotatable bonds is 3. The molecule has 4 heteroatoms. The molecule has 0 radical (unpaired) electrons. The highest BCUT2D eigenvalue weighted by Crippen LogP contribution is 2.39. The highest BCUT2D eigenvalue weighted by molar-refractivity contribution is 8.03. The second-order valence-corrected chi connectivity index (χ2v) is 5.67. The molecule has 2 unspecified atom stereocenters. The summed E-state index contributed by atoms with van der Waals surface area (Å²) in [6.07, 6.45) is 10.2. The summed E-state index contributed by atoms with van der Waals surface area (Å²) in [6.45, 7) is 0.827. The second kappa shape index (κ2) is 4.82. The fourth-order valence-electron chi connectivity index (χ4n) is 2.23. The first kappa shape index (κ1) is 10.7. The van der Waals surface area contributed by atoms with Crippen LogP contribution in [0.3, 0.4) is 0 Å². The molecular formula is C12H17NO2S. The molecule has 1 N–H and O–H groups in total. The van der Waals surface area contributed by atoms with Gasteiger partial charge in [0.2, 0.25) is 0 Å². The van der Waals surface area contributed by atoms with Crippen LogP contribution >= 0.6 is 11.8 Å². The zero-order chi connectivity index (χ0) is 10.8. The monoisotopic (exact) mass is 239 g/mol. The number of ether oxygens (including phenoxy) is 1. The number of hydrogen-bond donors (Lipinski definition) is 1. The molecule has 3 heterocycles. The smallest absolute Gasteiger partial charge is 0.183 e. The fourth-order valence-corrected chi connectivity index (χ4v) is 3.34. The Labute approximate surface area is 100 Å². The van der Waals surface area contributed by atoms with E-state index in [0.717, 1.165) is 19.4 Å². The average molecular weight is 239 g/mol. The molecule has 0 aromatic carbocycles. The van der Waals surface area contributed by atoms with E-state index < -0.39 is 0 Å². The summed E-state index contributed by atoms with van der Waals surface area (Å²) in [4.78, 5) is 5.59. The lowest BCUT2D eigenvalue weighted by atomic mass is 10.0. The van der Waals surface area contributed by atoms with E-state index >= 15 is 0 Å². The lowest BCUT2D eigenvalue weighted by Gasteiger charge is -2.30. The second-order valence-electron chi connectivity index (χ2n) is 4.42. The maximum atomic E-state index is 5.59. The Kier molecular flexibility index (Phi) is 3.22. The number of nitrogens with one attached hydrogen (secondary N) is 1. The van der Waals surface area contributed by atoms with Crippen molar-refractivity contribution in [2.24, 2.45) is 0 Å². The fraction of sp³-hybridized carbons (Fsp3) is 0.667. The third kappa shape index (κ3) is 2.29.